The molecule has 1 atom stereocenters. The number of nitrogens with zero attached hydrogens (tertiary/aromatic N) is 1. The minimum absolute atomic E-state index is 0.362. The van der Waals surface area contributed by atoms with Crippen molar-refractivity contribution in [1.29, 1.82) is 0 Å². The summed E-state index contributed by atoms with van der Waals surface area (Å²) in [5.41, 5.74) is 0. The number of aliphatic hydroxyl groups excluding tert-OH is 1. The molecular formula is C11H25NO2. The summed E-state index contributed by atoms with van der Waals surface area (Å²) in [7, 11) is 3.67. The van der Waals surface area contributed by atoms with E-state index in [1.165, 1.54) is 12.8 Å². The summed E-state index contributed by atoms with van der Waals surface area (Å²) in [5.74, 6) is 0.745. The van der Waals surface area contributed by atoms with E-state index in [9.17, 15) is 5.11 Å². The van der Waals surface area contributed by atoms with Gasteiger partial charge in [-0.15, -0.1) is 0 Å². The van der Waals surface area contributed by atoms with Gasteiger partial charge in [0.05, 0.1) is 12.7 Å². The van der Waals surface area contributed by atoms with Gasteiger partial charge >= 0.3 is 0 Å². The Morgan fingerprint density at radius 2 is 1.79 bits per heavy atom. The van der Waals surface area contributed by atoms with Gasteiger partial charge in [0.25, 0.3) is 0 Å². The van der Waals surface area contributed by atoms with Crippen molar-refractivity contribution < 1.29 is 9.84 Å². The van der Waals surface area contributed by atoms with Crippen LogP contribution in [0, 0.1) is 5.92 Å². The van der Waals surface area contributed by atoms with Crippen molar-refractivity contribution in [2.75, 3.05) is 33.9 Å². The van der Waals surface area contributed by atoms with Crippen LogP contribution in [0.15, 0.2) is 0 Å². The largest absolute Gasteiger partial charge is 0.389 e. The molecule has 1 N–H and O–H groups in total. The third-order valence-corrected chi connectivity index (χ3v) is 2.61. The molecule has 0 aromatic carbocycles. The summed E-state index contributed by atoms with van der Waals surface area (Å²) >= 11 is 0. The quantitative estimate of drug-likeness (QED) is 0.646. The normalized spacial score (nSPS) is 13.9. The van der Waals surface area contributed by atoms with Gasteiger partial charge in [-0.1, -0.05) is 26.7 Å². The van der Waals surface area contributed by atoms with E-state index in [-0.39, 0.29) is 6.10 Å². The standard InChI is InChI=1S/C11H25NO2/c1-5-10(6-2)7-12(3)8-11(13)9-14-4/h10-11,13H,5-9H2,1-4H3. The van der Waals surface area contributed by atoms with E-state index in [0.717, 1.165) is 12.5 Å². The van der Waals surface area contributed by atoms with Crippen molar-refractivity contribution in [1.82, 2.24) is 4.90 Å². The number of likely N-dealkylation sites (N-methyl/N-ethyl adjacent to an activating group) is 1. The molecule has 0 aliphatic carbocycles. The minimum atomic E-state index is -0.362. The maximum Gasteiger partial charge on any atom is 0.0899 e. The summed E-state index contributed by atoms with van der Waals surface area (Å²) in [5, 5.41) is 9.51. The first-order valence-electron chi connectivity index (χ1n) is 5.49. The van der Waals surface area contributed by atoms with Crippen LogP contribution in [0.3, 0.4) is 0 Å². The van der Waals surface area contributed by atoms with E-state index >= 15 is 0 Å². The average molecular weight is 203 g/mol. The molecule has 0 rings (SSSR count). The molecule has 0 aromatic heterocycles. The minimum Gasteiger partial charge on any atom is -0.389 e. The van der Waals surface area contributed by atoms with Crippen molar-refractivity contribution in [3.63, 3.8) is 0 Å². The fourth-order valence-corrected chi connectivity index (χ4v) is 1.67. The van der Waals surface area contributed by atoms with E-state index in [1.54, 1.807) is 7.11 Å². The fraction of sp³-hybridized carbons (Fsp3) is 1.00. The van der Waals surface area contributed by atoms with Crippen molar-refractivity contribution in [2.45, 2.75) is 32.8 Å². The van der Waals surface area contributed by atoms with Crippen LogP contribution in [0.25, 0.3) is 0 Å². The molecule has 0 saturated heterocycles. The Labute approximate surface area is 88.1 Å². The average Bonchev–Trinajstić information content (AvgIpc) is 2.14. The van der Waals surface area contributed by atoms with Gasteiger partial charge in [0, 0.05) is 20.2 Å². The topological polar surface area (TPSA) is 32.7 Å². The first-order chi connectivity index (χ1) is 6.63. The van der Waals surface area contributed by atoms with Gasteiger partial charge in [-0.2, -0.15) is 0 Å². The van der Waals surface area contributed by atoms with Gasteiger partial charge in [0.2, 0.25) is 0 Å². The maximum absolute atomic E-state index is 9.51. The predicted octanol–water partition coefficient (Wildman–Crippen LogP) is 1.36. The smallest absolute Gasteiger partial charge is 0.0899 e. The Morgan fingerprint density at radius 3 is 2.21 bits per heavy atom. The first kappa shape index (κ1) is 13.9. The number of ether oxygens (including phenoxy) is 1. The highest BCUT2D eigenvalue weighted by molar-refractivity contribution is 4.64. The summed E-state index contributed by atoms with van der Waals surface area (Å²) in [4.78, 5) is 2.18. The van der Waals surface area contributed by atoms with Crippen LogP contribution < -0.4 is 0 Å². The molecule has 0 fully saturated rings. The van der Waals surface area contributed by atoms with E-state index < -0.39 is 0 Å². The molecule has 0 spiro atoms. The van der Waals surface area contributed by atoms with Crippen LogP contribution in [-0.4, -0.2) is 50.0 Å². The van der Waals surface area contributed by atoms with Gasteiger partial charge in [-0.25, -0.2) is 0 Å². The zero-order valence-corrected chi connectivity index (χ0v) is 9.99. The highest BCUT2D eigenvalue weighted by atomic mass is 16.5. The van der Waals surface area contributed by atoms with Crippen LogP contribution in [0.5, 0.6) is 0 Å². The zero-order valence-electron chi connectivity index (χ0n) is 9.99. The van der Waals surface area contributed by atoms with E-state index in [0.29, 0.717) is 13.2 Å². The van der Waals surface area contributed by atoms with E-state index in [1.807, 2.05) is 0 Å². The SMILES string of the molecule is CCC(CC)CN(C)CC(O)COC. The van der Waals surface area contributed by atoms with E-state index in [2.05, 4.69) is 25.8 Å². The number of hydrogen-bond acceptors (Lipinski definition) is 3. The number of methoxy groups -OCH3 is 1. The van der Waals surface area contributed by atoms with Gasteiger partial charge in [0.15, 0.2) is 0 Å². The summed E-state index contributed by atoms with van der Waals surface area (Å²) in [6.45, 7) is 6.62. The molecule has 0 aliphatic rings. The molecule has 0 aliphatic heterocycles. The summed E-state index contributed by atoms with van der Waals surface area (Å²) in [6, 6.07) is 0. The van der Waals surface area contributed by atoms with Gasteiger partial charge < -0.3 is 14.7 Å². The van der Waals surface area contributed by atoms with Crippen LogP contribution in [-0.2, 0) is 4.74 Å². The molecule has 0 saturated carbocycles. The predicted molar refractivity (Wildman–Crippen MR) is 59.5 cm³/mol. The Hall–Kier alpha value is -0.120. The summed E-state index contributed by atoms with van der Waals surface area (Å²) in [6.07, 6.45) is 2.06. The van der Waals surface area contributed by atoms with Crippen LogP contribution in [0.4, 0.5) is 0 Å². The molecule has 86 valence electrons. The molecule has 3 nitrogen and oxygen atoms in total. The second-order valence-electron chi connectivity index (χ2n) is 4.01. The molecule has 0 heterocycles. The Kier molecular flexibility index (Phi) is 8.14. The summed E-state index contributed by atoms with van der Waals surface area (Å²) < 4.78 is 4.89. The maximum atomic E-state index is 9.51. The highest BCUT2D eigenvalue weighted by Crippen LogP contribution is 2.08. The Balaban J connectivity index is 3.67. The molecule has 0 radical (unpaired) electrons. The Morgan fingerprint density at radius 1 is 1.21 bits per heavy atom. The second kappa shape index (κ2) is 8.21. The molecule has 14 heavy (non-hydrogen) atoms. The number of aliphatic hydroxyl groups is 1. The van der Waals surface area contributed by atoms with Gasteiger partial charge in [0.1, 0.15) is 0 Å². The molecular weight excluding hydrogens is 178 g/mol. The van der Waals surface area contributed by atoms with Crippen LogP contribution in [0.2, 0.25) is 0 Å². The van der Waals surface area contributed by atoms with Crippen molar-refractivity contribution in [2.24, 2.45) is 5.92 Å². The number of rotatable bonds is 8. The van der Waals surface area contributed by atoms with Crippen LogP contribution >= 0.6 is 0 Å². The number of hydrogen-bond donors (Lipinski definition) is 1. The third-order valence-electron chi connectivity index (χ3n) is 2.61. The van der Waals surface area contributed by atoms with Crippen LogP contribution in [0.1, 0.15) is 26.7 Å². The van der Waals surface area contributed by atoms with Crippen molar-refractivity contribution in [3.8, 4) is 0 Å². The lowest BCUT2D eigenvalue weighted by atomic mass is 10.0. The zero-order chi connectivity index (χ0) is 11.0. The second-order valence-corrected chi connectivity index (χ2v) is 4.01. The van der Waals surface area contributed by atoms with Crippen molar-refractivity contribution >= 4 is 0 Å². The lowest BCUT2D eigenvalue weighted by Gasteiger charge is -2.24. The Bertz CT molecular complexity index is 126. The van der Waals surface area contributed by atoms with Gasteiger partial charge in [-0.3, -0.25) is 0 Å². The lowest BCUT2D eigenvalue weighted by Crippen LogP contribution is -2.34. The molecule has 1 unspecified atom stereocenters. The lowest BCUT2D eigenvalue weighted by molar-refractivity contribution is 0.0401. The van der Waals surface area contributed by atoms with E-state index in [4.69, 9.17) is 4.74 Å². The highest BCUT2D eigenvalue weighted by Gasteiger charge is 2.11. The molecule has 0 bridgehead atoms. The molecule has 3 heteroatoms. The van der Waals surface area contributed by atoms with Crippen molar-refractivity contribution in [3.05, 3.63) is 0 Å². The molecule has 0 aromatic rings. The fourth-order valence-electron chi connectivity index (χ4n) is 1.67. The molecule has 0 amide bonds. The third kappa shape index (κ3) is 6.35. The van der Waals surface area contributed by atoms with Gasteiger partial charge in [-0.05, 0) is 13.0 Å². The monoisotopic (exact) mass is 203 g/mol. The first-order valence-corrected chi connectivity index (χ1v) is 5.49.